The number of hydrogen-bond donors (Lipinski definition) is 2. The summed E-state index contributed by atoms with van der Waals surface area (Å²) >= 11 is 6.62. The third-order valence-corrected chi connectivity index (χ3v) is 8.30. The molecule has 0 saturated carbocycles. The van der Waals surface area contributed by atoms with Crippen LogP contribution in [0.2, 0.25) is 5.02 Å². The number of benzene rings is 3. The zero-order valence-corrected chi connectivity index (χ0v) is 24.6. The lowest BCUT2D eigenvalue weighted by Gasteiger charge is -2.21. The number of nitrogens with zero attached hydrogens (tertiary/aromatic N) is 2. The van der Waals surface area contributed by atoms with Gasteiger partial charge in [-0.15, -0.1) is 0 Å². The maximum atomic E-state index is 13.7. The molecule has 3 aromatic carbocycles. The Kier molecular flexibility index (Phi) is 8.29. The lowest BCUT2D eigenvalue weighted by Crippen LogP contribution is -2.45. The Balaban J connectivity index is 1.26. The molecule has 0 aromatic heterocycles. The molecule has 43 heavy (non-hydrogen) atoms. The van der Waals surface area contributed by atoms with E-state index in [4.69, 9.17) is 25.8 Å². The molecular weight excluding hydrogens is 572 g/mol. The van der Waals surface area contributed by atoms with Crippen molar-refractivity contribution in [2.45, 2.75) is 31.5 Å². The van der Waals surface area contributed by atoms with Gasteiger partial charge in [0, 0.05) is 37.3 Å². The van der Waals surface area contributed by atoms with Crippen LogP contribution >= 0.6 is 11.6 Å². The molecule has 0 spiro atoms. The van der Waals surface area contributed by atoms with E-state index in [-0.39, 0.29) is 43.2 Å². The predicted octanol–water partition coefficient (Wildman–Crippen LogP) is 3.66. The Bertz CT molecular complexity index is 1520. The van der Waals surface area contributed by atoms with Crippen LogP contribution in [0, 0.1) is 0 Å². The molecule has 2 N–H and O–H groups in total. The number of carbonyl (C=O) groups excluding carboxylic acids is 3. The fourth-order valence-electron chi connectivity index (χ4n) is 5.67. The maximum Gasteiger partial charge on any atom is 0.258 e. The molecule has 7 rings (SSSR count). The number of rotatable bonds is 3. The smallest absolute Gasteiger partial charge is 0.258 e. The molecule has 4 aliphatic heterocycles. The Morgan fingerprint density at radius 2 is 1.79 bits per heavy atom. The van der Waals surface area contributed by atoms with Crippen molar-refractivity contribution in [2.75, 3.05) is 44.8 Å². The largest absolute Gasteiger partial charge is 0.493 e. The quantitative estimate of drug-likeness (QED) is 0.470. The van der Waals surface area contributed by atoms with Crippen molar-refractivity contribution in [3.63, 3.8) is 0 Å². The number of amides is 3. The lowest BCUT2D eigenvalue weighted by atomic mass is 10.1. The second kappa shape index (κ2) is 12.4. The van der Waals surface area contributed by atoms with Crippen LogP contribution in [-0.2, 0) is 11.3 Å². The summed E-state index contributed by atoms with van der Waals surface area (Å²) in [4.78, 5) is 43.4. The van der Waals surface area contributed by atoms with Gasteiger partial charge >= 0.3 is 0 Å². The SMILES string of the molecule is COc1ccc2cc1OCC(=O)NCc1ccc(cc1)O[C@H]1CN(C(=O)c3ccc(N4CCCC4)c(Cl)c3)C[C@@H]1NC2=O. The maximum absolute atomic E-state index is 13.7. The number of likely N-dealkylation sites (tertiary alicyclic amines) is 1. The number of fused-ring (bicyclic) bond motifs is 7. The molecule has 2 fully saturated rings. The van der Waals surface area contributed by atoms with E-state index in [1.165, 1.54) is 13.2 Å². The molecule has 0 unspecified atom stereocenters. The Hall–Kier alpha value is -4.44. The van der Waals surface area contributed by atoms with Crippen molar-refractivity contribution in [3.05, 3.63) is 82.4 Å². The fraction of sp³-hybridized carbons (Fsp3) is 0.344. The van der Waals surface area contributed by atoms with E-state index in [2.05, 4.69) is 15.5 Å². The Labute approximate surface area is 254 Å². The summed E-state index contributed by atoms with van der Waals surface area (Å²) in [5.41, 5.74) is 2.62. The summed E-state index contributed by atoms with van der Waals surface area (Å²) in [6.07, 6.45) is 1.75. The molecule has 4 heterocycles. The van der Waals surface area contributed by atoms with Gasteiger partial charge in [-0.1, -0.05) is 23.7 Å². The topological polar surface area (TPSA) is 109 Å². The van der Waals surface area contributed by atoms with Gasteiger partial charge in [0.1, 0.15) is 11.9 Å². The van der Waals surface area contributed by atoms with Gasteiger partial charge in [-0.3, -0.25) is 14.4 Å². The van der Waals surface area contributed by atoms with Gasteiger partial charge < -0.3 is 34.6 Å². The van der Waals surface area contributed by atoms with E-state index < -0.39 is 12.1 Å². The highest BCUT2D eigenvalue weighted by molar-refractivity contribution is 6.33. The summed E-state index contributed by atoms with van der Waals surface area (Å²) in [5.74, 6) is 0.379. The van der Waals surface area contributed by atoms with Crippen molar-refractivity contribution < 1.29 is 28.6 Å². The van der Waals surface area contributed by atoms with Crippen molar-refractivity contribution in [3.8, 4) is 17.2 Å². The first kappa shape index (κ1) is 28.7. The van der Waals surface area contributed by atoms with Crippen LogP contribution in [0.3, 0.4) is 0 Å². The predicted molar refractivity (Wildman–Crippen MR) is 161 cm³/mol. The highest BCUT2D eigenvalue weighted by Gasteiger charge is 2.38. The van der Waals surface area contributed by atoms with Gasteiger partial charge in [-0.05, 0) is 66.9 Å². The molecule has 4 aliphatic rings. The van der Waals surface area contributed by atoms with Crippen LogP contribution in [0.5, 0.6) is 17.2 Å². The zero-order chi connectivity index (χ0) is 29.9. The molecule has 3 aromatic rings. The van der Waals surface area contributed by atoms with Gasteiger partial charge in [0.15, 0.2) is 18.1 Å². The number of nitrogens with one attached hydrogen (secondary N) is 2. The number of anilines is 1. The molecule has 0 radical (unpaired) electrons. The second-order valence-electron chi connectivity index (χ2n) is 10.9. The summed E-state index contributed by atoms with van der Waals surface area (Å²) in [5, 5.41) is 6.41. The van der Waals surface area contributed by atoms with Gasteiger partial charge in [0.2, 0.25) is 0 Å². The van der Waals surface area contributed by atoms with E-state index in [1.807, 2.05) is 36.4 Å². The number of hydrogen-bond acceptors (Lipinski definition) is 7. The van der Waals surface area contributed by atoms with Gasteiger partial charge in [0.05, 0.1) is 30.4 Å². The Morgan fingerprint density at radius 3 is 2.53 bits per heavy atom. The molecule has 224 valence electrons. The number of halogens is 1. The first-order valence-electron chi connectivity index (χ1n) is 14.4. The number of ether oxygens (including phenoxy) is 3. The highest BCUT2D eigenvalue weighted by Crippen LogP contribution is 2.31. The van der Waals surface area contributed by atoms with E-state index in [1.54, 1.807) is 23.1 Å². The molecule has 4 bridgehead atoms. The molecule has 2 atom stereocenters. The second-order valence-corrected chi connectivity index (χ2v) is 11.3. The van der Waals surface area contributed by atoms with E-state index in [0.29, 0.717) is 34.2 Å². The Morgan fingerprint density at radius 1 is 1.00 bits per heavy atom. The normalized spacial score (nSPS) is 20.4. The monoisotopic (exact) mass is 604 g/mol. The standard InChI is InChI=1S/C32H33ClN4O6/c1-41-27-11-7-21-15-28(27)42-19-30(38)34-16-20-4-8-23(9-5-20)43-29-18-37(17-25(29)35-31(21)39)32(40)22-6-10-26(24(33)14-22)36-12-2-3-13-36/h4-11,14-15,25,29H,2-3,12-13,16-19H2,1H3,(H,34,38)(H,35,39)/t25-,29-/m0/s1. The molecule has 2 saturated heterocycles. The van der Waals surface area contributed by atoms with Crippen molar-refractivity contribution >= 4 is 35.0 Å². The molecule has 10 nitrogen and oxygen atoms in total. The fourth-order valence-corrected chi connectivity index (χ4v) is 5.97. The summed E-state index contributed by atoms with van der Waals surface area (Å²) in [6.45, 7) is 2.50. The van der Waals surface area contributed by atoms with Crippen LogP contribution in [0.25, 0.3) is 0 Å². The van der Waals surface area contributed by atoms with Crippen LogP contribution in [0.1, 0.15) is 39.1 Å². The third kappa shape index (κ3) is 6.34. The van der Waals surface area contributed by atoms with E-state index in [0.717, 1.165) is 37.2 Å². The molecule has 3 amide bonds. The van der Waals surface area contributed by atoms with Gasteiger partial charge in [-0.2, -0.15) is 0 Å². The highest BCUT2D eigenvalue weighted by atomic mass is 35.5. The molecule has 11 heteroatoms. The van der Waals surface area contributed by atoms with Crippen molar-refractivity contribution in [2.24, 2.45) is 0 Å². The van der Waals surface area contributed by atoms with E-state index in [9.17, 15) is 14.4 Å². The minimum Gasteiger partial charge on any atom is -0.493 e. The van der Waals surface area contributed by atoms with Crippen LogP contribution < -0.4 is 29.7 Å². The van der Waals surface area contributed by atoms with Gasteiger partial charge in [0.25, 0.3) is 17.7 Å². The van der Waals surface area contributed by atoms with E-state index >= 15 is 0 Å². The van der Waals surface area contributed by atoms with Gasteiger partial charge in [-0.25, -0.2) is 0 Å². The van der Waals surface area contributed by atoms with Crippen molar-refractivity contribution in [1.29, 1.82) is 0 Å². The first-order chi connectivity index (χ1) is 20.9. The first-order valence-corrected chi connectivity index (χ1v) is 14.7. The van der Waals surface area contributed by atoms with Crippen LogP contribution in [0.15, 0.2) is 60.7 Å². The third-order valence-electron chi connectivity index (χ3n) is 8.00. The van der Waals surface area contributed by atoms with Crippen molar-refractivity contribution in [1.82, 2.24) is 15.5 Å². The lowest BCUT2D eigenvalue weighted by molar-refractivity contribution is -0.123. The minimum absolute atomic E-state index is 0.186. The number of carbonyl (C=O) groups is 3. The average molecular weight is 605 g/mol. The summed E-state index contributed by atoms with van der Waals surface area (Å²) < 4.78 is 17.4. The summed E-state index contributed by atoms with van der Waals surface area (Å²) in [7, 11) is 1.49. The minimum atomic E-state index is -0.512. The number of methoxy groups -OCH3 is 1. The molecule has 0 aliphatic carbocycles. The van der Waals surface area contributed by atoms with Crippen LogP contribution in [-0.4, -0.2) is 74.7 Å². The average Bonchev–Trinajstić information content (AvgIpc) is 3.69. The van der Waals surface area contributed by atoms with Crippen LogP contribution in [0.4, 0.5) is 5.69 Å². The zero-order valence-electron chi connectivity index (χ0n) is 23.8. The summed E-state index contributed by atoms with van der Waals surface area (Å²) in [6, 6.07) is 17.0. The molecular formula is C32H33ClN4O6.